The van der Waals surface area contributed by atoms with Crippen LogP contribution in [0.3, 0.4) is 0 Å². The van der Waals surface area contributed by atoms with E-state index >= 15 is 0 Å². The van der Waals surface area contributed by atoms with E-state index in [1.807, 2.05) is 31.3 Å². The number of ketones is 1. The summed E-state index contributed by atoms with van der Waals surface area (Å²) in [5.74, 6) is 0.444. The fourth-order valence-corrected chi connectivity index (χ4v) is 2.70. The van der Waals surface area contributed by atoms with Gasteiger partial charge in [0, 0.05) is 29.7 Å². The Kier molecular flexibility index (Phi) is 3.08. The minimum Gasteiger partial charge on any atom is -0.360 e. The number of para-hydroxylation sites is 1. The highest BCUT2D eigenvalue weighted by Crippen LogP contribution is 2.21. The molecule has 0 aliphatic heterocycles. The van der Waals surface area contributed by atoms with E-state index in [9.17, 15) is 4.79 Å². The first-order valence-corrected chi connectivity index (χ1v) is 6.80. The van der Waals surface area contributed by atoms with E-state index in [2.05, 4.69) is 15.1 Å². The summed E-state index contributed by atoms with van der Waals surface area (Å²) in [6.45, 7) is 0. The van der Waals surface area contributed by atoms with Crippen molar-refractivity contribution in [3.8, 4) is 0 Å². The van der Waals surface area contributed by atoms with Crippen molar-refractivity contribution in [2.24, 2.45) is 7.05 Å². The van der Waals surface area contributed by atoms with Crippen molar-refractivity contribution in [2.45, 2.75) is 5.16 Å². The highest BCUT2D eigenvalue weighted by Gasteiger charge is 2.13. The molecule has 2 heterocycles. The number of benzene rings is 1. The highest BCUT2D eigenvalue weighted by atomic mass is 32.2. The maximum atomic E-state index is 12.2. The predicted molar refractivity (Wildman–Crippen MR) is 74.4 cm³/mol. The summed E-state index contributed by atoms with van der Waals surface area (Å²) in [5.41, 5.74) is 1.71. The molecule has 2 aromatic heterocycles. The highest BCUT2D eigenvalue weighted by molar-refractivity contribution is 7.99. The maximum Gasteiger partial charge on any atom is 0.186 e. The topological polar surface area (TPSA) is 63.6 Å². The van der Waals surface area contributed by atoms with E-state index in [0.29, 0.717) is 5.75 Å². The molecule has 0 atom stereocenters. The number of H-pyrrole nitrogens is 1. The van der Waals surface area contributed by atoms with Crippen LogP contribution in [0.25, 0.3) is 10.9 Å². The normalized spacial score (nSPS) is 11.0. The fraction of sp³-hybridized carbons (Fsp3) is 0.154. The van der Waals surface area contributed by atoms with Gasteiger partial charge < -0.3 is 4.98 Å². The molecular formula is C13H12N4OS. The number of hydrogen-bond acceptors (Lipinski definition) is 4. The molecular weight excluding hydrogens is 260 g/mol. The Morgan fingerprint density at radius 1 is 1.42 bits per heavy atom. The molecule has 0 aliphatic rings. The second-order valence-electron chi connectivity index (χ2n) is 4.13. The van der Waals surface area contributed by atoms with Gasteiger partial charge in [-0.2, -0.15) is 5.10 Å². The molecule has 6 heteroatoms. The number of nitrogens with one attached hydrogen (secondary N) is 1. The Hall–Kier alpha value is -2.08. The molecule has 3 rings (SSSR count). The molecule has 96 valence electrons. The number of hydrogen-bond donors (Lipinski definition) is 1. The molecule has 0 saturated heterocycles. The quantitative estimate of drug-likeness (QED) is 0.584. The maximum absolute atomic E-state index is 12.2. The largest absolute Gasteiger partial charge is 0.360 e. The molecule has 0 fully saturated rings. The number of carbonyl (C=O) groups excluding carboxylic acids is 1. The van der Waals surface area contributed by atoms with Gasteiger partial charge in [0.15, 0.2) is 10.9 Å². The molecule has 19 heavy (non-hydrogen) atoms. The lowest BCUT2D eigenvalue weighted by Crippen LogP contribution is -2.03. The van der Waals surface area contributed by atoms with Gasteiger partial charge in [-0.1, -0.05) is 30.0 Å². The number of nitrogens with zero attached hydrogens (tertiary/aromatic N) is 3. The van der Waals surface area contributed by atoms with Crippen molar-refractivity contribution in [3.63, 3.8) is 0 Å². The number of thioether (sulfide) groups is 1. The third-order valence-corrected chi connectivity index (χ3v) is 3.93. The Labute approximate surface area is 114 Å². The van der Waals surface area contributed by atoms with Crippen molar-refractivity contribution < 1.29 is 4.79 Å². The zero-order chi connectivity index (χ0) is 13.2. The van der Waals surface area contributed by atoms with Crippen LogP contribution >= 0.6 is 11.8 Å². The molecule has 0 bridgehead atoms. The van der Waals surface area contributed by atoms with Gasteiger partial charge in [0.2, 0.25) is 0 Å². The third kappa shape index (κ3) is 2.26. The standard InChI is InChI=1S/C13H12N4OS/c1-17-13(15-8-16-17)19-7-12(18)10-6-14-11-5-3-2-4-9(10)11/h2-6,8,14H,7H2,1H3. The van der Waals surface area contributed by atoms with E-state index in [4.69, 9.17) is 0 Å². The Bertz CT molecular complexity index is 731. The molecule has 3 aromatic rings. The average Bonchev–Trinajstić information content (AvgIpc) is 3.02. The van der Waals surface area contributed by atoms with Gasteiger partial charge >= 0.3 is 0 Å². The van der Waals surface area contributed by atoms with Crippen LogP contribution in [-0.2, 0) is 7.05 Å². The number of rotatable bonds is 4. The van der Waals surface area contributed by atoms with Gasteiger partial charge in [-0.15, -0.1) is 0 Å². The van der Waals surface area contributed by atoms with Gasteiger partial charge in [-0.05, 0) is 6.07 Å². The molecule has 1 N–H and O–H groups in total. The molecule has 0 amide bonds. The van der Waals surface area contributed by atoms with Gasteiger partial charge in [0.05, 0.1) is 5.75 Å². The van der Waals surface area contributed by atoms with Crippen molar-refractivity contribution in [2.75, 3.05) is 5.75 Å². The third-order valence-electron chi connectivity index (χ3n) is 2.89. The van der Waals surface area contributed by atoms with Gasteiger partial charge in [-0.3, -0.25) is 4.79 Å². The lowest BCUT2D eigenvalue weighted by atomic mass is 10.1. The number of Topliss-reactive ketones (excluding diaryl/α,β-unsaturated/α-hetero) is 1. The number of aromatic nitrogens is 4. The summed E-state index contributed by atoms with van der Waals surface area (Å²) in [6, 6.07) is 7.79. The van der Waals surface area contributed by atoms with Crippen LogP contribution in [0.1, 0.15) is 10.4 Å². The van der Waals surface area contributed by atoms with Crippen LogP contribution in [0.15, 0.2) is 41.9 Å². The van der Waals surface area contributed by atoms with Crippen LogP contribution in [-0.4, -0.2) is 31.3 Å². The molecule has 1 aromatic carbocycles. The predicted octanol–water partition coefficient (Wildman–Crippen LogP) is 2.27. The monoisotopic (exact) mass is 272 g/mol. The van der Waals surface area contributed by atoms with Crippen LogP contribution in [0.2, 0.25) is 0 Å². The Morgan fingerprint density at radius 2 is 2.26 bits per heavy atom. The number of aryl methyl sites for hydroxylation is 1. The summed E-state index contributed by atoms with van der Waals surface area (Å²) in [7, 11) is 1.81. The lowest BCUT2D eigenvalue weighted by molar-refractivity contribution is 0.102. The molecule has 0 spiro atoms. The summed E-state index contributed by atoms with van der Waals surface area (Å²) in [6.07, 6.45) is 3.25. The second-order valence-corrected chi connectivity index (χ2v) is 5.07. The van der Waals surface area contributed by atoms with Crippen LogP contribution in [0, 0.1) is 0 Å². The molecule has 5 nitrogen and oxygen atoms in total. The number of fused-ring (bicyclic) bond motifs is 1. The summed E-state index contributed by atoms with van der Waals surface area (Å²) >= 11 is 1.39. The lowest BCUT2D eigenvalue weighted by Gasteiger charge is -1.99. The molecule has 0 radical (unpaired) electrons. The van der Waals surface area contributed by atoms with E-state index in [1.165, 1.54) is 18.1 Å². The first-order chi connectivity index (χ1) is 9.25. The zero-order valence-corrected chi connectivity index (χ0v) is 11.1. The van der Waals surface area contributed by atoms with Crippen LogP contribution in [0.5, 0.6) is 0 Å². The van der Waals surface area contributed by atoms with Gasteiger partial charge in [-0.25, -0.2) is 9.67 Å². The Balaban J connectivity index is 1.79. The summed E-state index contributed by atoms with van der Waals surface area (Å²) in [5, 5.41) is 5.68. The first-order valence-electron chi connectivity index (χ1n) is 5.82. The number of carbonyl (C=O) groups is 1. The summed E-state index contributed by atoms with van der Waals surface area (Å²) in [4.78, 5) is 19.4. The van der Waals surface area contributed by atoms with Crippen LogP contribution < -0.4 is 0 Å². The second kappa shape index (κ2) is 4.89. The Morgan fingerprint density at radius 3 is 3.05 bits per heavy atom. The smallest absolute Gasteiger partial charge is 0.186 e. The summed E-state index contributed by atoms with van der Waals surface area (Å²) < 4.78 is 1.66. The van der Waals surface area contributed by atoms with Gasteiger partial charge in [0.25, 0.3) is 0 Å². The zero-order valence-electron chi connectivity index (χ0n) is 10.3. The van der Waals surface area contributed by atoms with Crippen molar-refractivity contribution >= 4 is 28.4 Å². The molecule has 0 aliphatic carbocycles. The van der Waals surface area contributed by atoms with E-state index in [0.717, 1.165) is 21.6 Å². The minimum absolute atomic E-state index is 0.0884. The van der Waals surface area contributed by atoms with E-state index < -0.39 is 0 Å². The number of aromatic amines is 1. The van der Waals surface area contributed by atoms with E-state index in [-0.39, 0.29) is 5.78 Å². The van der Waals surface area contributed by atoms with Crippen molar-refractivity contribution in [1.29, 1.82) is 0 Å². The SMILES string of the molecule is Cn1ncnc1SCC(=O)c1c[nH]c2ccccc12. The minimum atomic E-state index is 0.0884. The van der Waals surface area contributed by atoms with Crippen LogP contribution in [0.4, 0.5) is 0 Å². The van der Waals surface area contributed by atoms with E-state index in [1.54, 1.807) is 10.9 Å². The molecule has 0 unspecified atom stereocenters. The van der Waals surface area contributed by atoms with Crippen molar-refractivity contribution in [1.82, 2.24) is 19.7 Å². The first kappa shape index (κ1) is 12.0. The average molecular weight is 272 g/mol. The van der Waals surface area contributed by atoms with Gasteiger partial charge in [0.1, 0.15) is 6.33 Å². The molecule has 0 saturated carbocycles. The fourth-order valence-electron chi connectivity index (χ4n) is 1.93. The van der Waals surface area contributed by atoms with Crippen molar-refractivity contribution in [3.05, 3.63) is 42.4 Å².